The molecule has 132 valence electrons. The average Bonchev–Trinajstić information content (AvgIpc) is 3.31. The number of hydrogen-bond donors (Lipinski definition) is 1. The van der Waals surface area contributed by atoms with Gasteiger partial charge in [-0.15, -0.1) is 0 Å². The molecule has 0 aliphatic carbocycles. The molecule has 1 aliphatic heterocycles. The molecule has 1 N–H and O–H groups in total. The minimum absolute atomic E-state index is 0.235. The lowest BCUT2D eigenvalue weighted by atomic mass is 10.1. The molecular formula is C19H16FN3O3. The second kappa shape index (κ2) is 6.87. The van der Waals surface area contributed by atoms with Crippen molar-refractivity contribution in [2.45, 2.75) is 6.42 Å². The fraction of sp³-hybridized carbons (Fsp3) is 0.158. The van der Waals surface area contributed by atoms with Crippen molar-refractivity contribution in [1.29, 1.82) is 0 Å². The number of halogens is 1. The number of ether oxygens (including phenoxy) is 2. The zero-order valence-corrected chi connectivity index (χ0v) is 13.8. The van der Waals surface area contributed by atoms with Crippen molar-refractivity contribution in [2.24, 2.45) is 0 Å². The van der Waals surface area contributed by atoms with E-state index >= 15 is 0 Å². The molecule has 0 bridgehead atoms. The maximum Gasteiger partial charge on any atom is 0.271 e. The third kappa shape index (κ3) is 3.23. The molecule has 0 unspecified atom stereocenters. The summed E-state index contributed by atoms with van der Waals surface area (Å²) in [7, 11) is 0. The van der Waals surface area contributed by atoms with E-state index < -0.39 is 5.82 Å². The Morgan fingerprint density at radius 1 is 1.15 bits per heavy atom. The number of nitrogens with zero attached hydrogens (tertiary/aromatic N) is 2. The highest BCUT2D eigenvalue weighted by atomic mass is 19.1. The number of carbonyl (C=O) groups excluding carboxylic acids is 1. The van der Waals surface area contributed by atoms with Gasteiger partial charge in [0.2, 0.25) is 6.79 Å². The number of carbonyl (C=O) groups is 1. The van der Waals surface area contributed by atoms with Crippen LogP contribution in [0.15, 0.2) is 54.7 Å². The van der Waals surface area contributed by atoms with Crippen LogP contribution in [0.25, 0.3) is 5.69 Å². The van der Waals surface area contributed by atoms with Crippen LogP contribution in [-0.4, -0.2) is 29.0 Å². The van der Waals surface area contributed by atoms with Crippen molar-refractivity contribution in [2.75, 3.05) is 13.3 Å². The molecule has 1 amide bonds. The third-order valence-electron chi connectivity index (χ3n) is 4.06. The second-order valence-corrected chi connectivity index (χ2v) is 5.79. The summed E-state index contributed by atoms with van der Waals surface area (Å²) in [6, 6.07) is 13.5. The van der Waals surface area contributed by atoms with Gasteiger partial charge in [-0.05, 0) is 42.3 Å². The number of para-hydroxylation sites is 1. The van der Waals surface area contributed by atoms with Gasteiger partial charge in [-0.2, -0.15) is 5.10 Å². The van der Waals surface area contributed by atoms with Crippen LogP contribution in [0.3, 0.4) is 0 Å². The van der Waals surface area contributed by atoms with Crippen molar-refractivity contribution >= 4 is 5.91 Å². The Hall–Kier alpha value is -3.35. The summed E-state index contributed by atoms with van der Waals surface area (Å²) in [5.74, 6) is 0.750. The number of benzene rings is 2. The lowest BCUT2D eigenvalue weighted by molar-refractivity contribution is 0.0948. The molecule has 1 aromatic heterocycles. The predicted molar refractivity (Wildman–Crippen MR) is 92.1 cm³/mol. The van der Waals surface area contributed by atoms with Crippen molar-refractivity contribution < 1.29 is 18.7 Å². The molecule has 0 radical (unpaired) electrons. The first-order valence-corrected chi connectivity index (χ1v) is 8.18. The van der Waals surface area contributed by atoms with E-state index in [-0.39, 0.29) is 18.4 Å². The van der Waals surface area contributed by atoms with E-state index in [4.69, 9.17) is 9.47 Å². The summed E-state index contributed by atoms with van der Waals surface area (Å²) < 4.78 is 25.7. The molecule has 4 rings (SSSR count). The highest BCUT2D eigenvalue weighted by Gasteiger charge is 2.14. The van der Waals surface area contributed by atoms with Crippen molar-refractivity contribution in [3.8, 4) is 17.2 Å². The number of amides is 1. The zero-order chi connectivity index (χ0) is 17.9. The van der Waals surface area contributed by atoms with Gasteiger partial charge in [0, 0.05) is 12.7 Å². The highest BCUT2D eigenvalue weighted by Crippen LogP contribution is 2.32. The van der Waals surface area contributed by atoms with Crippen LogP contribution in [0.4, 0.5) is 4.39 Å². The number of aromatic nitrogens is 2. The van der Waals surface area contributed by atoms with Gasteiger partial charge < -0.3 is 14.8 Å². The molecule has 0 atom stereocenters. The van der Waals surface area contributed by atoms with Crippen LogP contribution < -0.4 is 14.8 Å². The number of rotatable bonds is 5. The summed E-state index contributed by atoms with van der Waals surface area (Å²) in [4.78, 5) is 12.2. The van der Waals surface area contributed by atoms with E-state index in [1.807, 2.05) is 18.2 Å². The van der Waals surface area contributed by atoms with E-state index in [9.17, 15) is 9.18 Å². The minimum atomic E-state index is -0.398. The number of fused-ring (bicyclic) bond motifs is 1. The number of hydrogen-bond acceptors (Lipinski definition) is 4. The Bertz CT molecular complexity index is 955. The fourth-order valence-corrected chi connectivity index (χ4v) is 2.72. The largest absolute Gasteiger partial charge is 0.454 e. The maximum atomic E-state index is 13.8. The smallest absolute Gasteiger partial charge is 0.271 e. The average molecular weight is 353 g/mol. The molecule has 0 saturated carbocycles. The van der Waals surface area contributed by atoms with Crippen molar-refractivity contribution in [3.63, 3.8) is 0 Å². The van der Waals surface area contributed by atoms with Crippen LogP contribution in [0.2, 0.25) is 0 Å². The molecule has 0 saturated heterocycles. The Morgan fingerprint density at radius 2 is 2.00 bits per heavy atom. The van der Waals surface area contributed by atoms with Gasteiger partial charge in [-0.25, -0.2) is 9.07 Å². The molecule has 2 heterocycles. The quantitative estimate of drug-likeness (QED) is 0.766. The molecular weight excluding hydrogens is 337 g/mol. The Balaban J connectivity index is 1.36. The topological polar surface area (TPSA) is 65.4 Å². The summed E-state index contributed by atoms with van der Waals surface area (Å²) in [6.07, 6.45) is 2.21. The molecule has 3 aromatic rings. The molecule has 2 aromatic carbocycles. The monoisotopic (exact) mass is 353 g/mol. The maximum absolute atomic E-state index is 13.8. The van der Waals surface area contributed by atoms with Gasteiger partial charge >= 0.3 is 0 Å². The van der Waals surface area contributed by atoms with Gasteiger partial charge in [-0.3, -0.25) is 4.79 Å². The molecule has 0 fully saturated rings. The van der Waals surface area contributed by atoms with E-state index in [0.29, 0.717) is 18.7 Å². The van der Waals surface area contributed by atoms with Gasteiger partial charge in [0.05, 0.1) is 0 Å². The standard InChI is InChI=1S/C19H16FN3O3/c20-14-3-1-2-4-16(14)23-10-8-15(22-23)19(24)21-9-7-13-5-6-17-18(11-13)26-12-25-17/h1-6,8,10-11H,7,9,12H2,(H,21,24). The normalized spacial score (nSPS) is 12.2. The van der Waals surface area contributed by atoms with Crippen LogP contribution in [0.1, 0.15) is 16.1 Å². The summed E-state index contributed by atoms with van der Waals surface area (Å²) in [5.41, 5.74) is 1.57. The molecule has 1 aliphatic rings. The van der Waals surface area contributed by atoms with Crippen LogP contribution in [-0.2, 0) is 6.42 Å². The Morgan fingerprint density at radius 3 is 2.88 bits per heavy atom. The first kappa shape index (κ1) is 16.1. The predicted octanol–water partition coefficient (Wildman–Crippen LogP) is 2.71. The summed E-state index contributed by atoms with van der Waals surface area (Å²) >= 11 is 0. The SMILES string of the molecule is O=C(NCCc1ccc2c(c1)OCO2)c1ccn(-c2ccccc2F)n1. The Kier molecular flexibility index (Phi) is 4.27. The van der Waals surface area contributed by atoms with Crippen LogP contribution in [0.5, 0.6) is 11.5 Å². The van der Waals surface area contributed by atoms with E-state index in [1.165, 1.54) is 10.7 Å². The molecule has 0 spiro atoms. The van der Waals surface area contributed by atoms with E-state index in [2.05, 4.69) is 10.4 Å². The first-order valence-electron chi connectivity index (χ1n) is 8.18. The highest BCUT2D eigenvalue weighted by molar-refractivity contribution is 5.92. The third-order valence-corrected chi connectivity index (χ3v) is 4.06. The lowest BCUT2D eigenvalue weighted by Gasteiger charge is -2.05. The minimum Gasteiger partial charge on any atom is -0.454 e. The van der Waals surface area contributed by atoms with Crippen LogP contribution in [0, 0.1) is 5.82 Å². The fourth-order valence-electron chi connectivity index (χ4n) is 2.72. The van der Waals surface area contributed by atoms with Crippen molar-refractivity contribution in [3.05, 3.63) is 71.8 Å². The number of nitrogens with one attached hydrogen (secondary N) is 1. The summed E-state index contributed by atoms with van der Waals surface area (Å²) in [6.45, 7) is 0.686. The van der Waals surface area contributed by atoms with E-state index in [0.717, 1.165) is 17.1 Å². The molecule has 7 heteroatoms. The van der Waals surface area contributed by atoms with Gasteiger partial charge in [-0.1, -0.05) is 18.2 Å². The zero-order valence-electron chi connectivity index (χ0n) is 13.8. The first-order chi connectivity index (χ1) is 12.7. The Labute approximate surface area is 149 Å². The summed E-state index contributed by atoms with van der Waals surface area (Å²) in [5, 5.41) is 6.96. The van der Waals surface area contributed by atoms with Gasteiger partial charge in [0.25, 0.3) is 5.91 Å². The van der Waals surface area contributed by atoms with Crippen LogP contribution >= 0.6 is 0 Å². The van der Waals surface area contributed by atoms with Gasteiger partial charge in [0.1, 0.15) is 11.5 Å². The van der Waals surface area contributed by atoms with Crippen molar-refractivity contribution in [1.82, 2.24) is 15.1 Å². The molecule has 6 nitrogen and oxygen atoms in total. The second-order valence-electron chi connectivity index (χ2n) is 5.79. The lowest BCUT2D eigenvalue weighted by Crippen LogP contribution is -2.26. The van der Waals surface area contributed by atoms with E-state index in [1.54, 1.807) is 30.5 Å². The molecule has 26 heavy (non-hydrogen) atoms. The van der Waals surface area contributed by atoms with Gasteiger partial charge in [0.15, 0.2) is 17.2 Å².